The van der Waals surface area contributed by atoms with E-state index in [1.54, 1.807) is 0 Å². The van der Waals surface area contributed by atoms with Gasteiger partial charge in [0.1, 0.15) is 0 Å². The summed E-state index contributed by atoms with van der Waals surface area (Å²) < 4.78 is 0. The number of hydrogen-bond donors (Lipinski definition) is 1. The normalized spacial score (nSPS) is 24.5. The quantitative estimate of drug-likeness (QED) is 0.467. The number of fused-ring (bicyclic) bond motifs is 4. The average molecular weight is 423 g/mol. The fourth-order valence-electron chi connectivity index (χ4n) is 6.07. The van der Waals surface area contributed by atoms with Gasteiger partial charge in [-0.05, 0) is 53.1 Å². The van der Waals surface area contributed by atoms with E-state index in [4.69, 9.17) is 0 Å². The van der Waals surface area contributed by atoms with Crippen molar-refractivity contribution in [1.29, 1.82) is 0 Å². The smallest absolute Gasteiger partial charge is 0.255 e. The standard InChI is InChI=1S/C29H30N2O/c32-29(31-18-5-1-2-6-19-31)26-17-9-16-25-22-13-8-15-24(22)27(30-28(25)26)23-14-7-11-20-10-3-4-12-21(20)23/h3-4,7-14,16-17,22,24,27,30H,1-2,5-6,15,18-19H2. The number of allylic oxidation sites excluding steroid dienone is 2. The monoisotopic (exact) mass is 422 g/mol. The summed E-state index contributed by atoms with van der Waals surface area (Å²) in [7, 11) is 0. The number of likely N-dealkylation sites (tertiary alicyclic amines) is 1. The van der Waals surface area contributed by atoms with E-state index in [1.807, 2.05) is 6.07 Å². The first-order valence-electron chi connectivity index (χ1n) is 12.1. The molecular weight excluding hydrogens is 392 g/mol. The molecule has 0 radical (unpaired) electrons. The Morgan fingerprint density at radius 1 is 0.844 bits per heavy atom. The van der Waals surface area contributed by atoms with Crippen molar-refractivity contribution in [1.82, 2.24) is 4.90 Å². The third kappa shape index (κ3) is 3.23. The van der Waals surface area contributed by atoms with E-state index < -0.39 is 0 Å². The Hall–Kier alpha value is -3.07. The molecule has 1 amide bonds. The van der Waals surface area contributed by atoms with Crippen LogP contribution in [0.5, 0.6) is 0 Å². The molecule has 2 aliphatic heterocycles. The Balaban J connectivity index is 1.44. The topological polar surface area (TPSA) is 32.3 Å². The maximum Gasteiger partial charge on any atom is 0.255 e. The molecule has 6 rings (SSSR count). The van der Waals surface area contributed by atoms with Gasteiger partial charge in [0, 0.05) is 19.0 Å². The van der Waals surface area contributed by atoms with Crippen LogP contribution in [0.2, 0.25) is 0 Å². The number of amides is 1. The summed E-state index contributed by atoms with van der Waals surface area (Å²) in [6.45, 7) is 1.75. The van der Waals surface area contributed by atoms with Crippen molar-refractivity contribution in [3.05, 3.63) is 89.5 Å². The van der Waals surface area contributed by atoms with Crippen molar-refractivity contribution in [2.24, 2.45) is 5.92 Å². The zero-order chi connectivity index (χ0) is 21.5. The summed E-state index contributed by atoms with van der Waals surface area (Å²) in [5.74, 6) is 1.01. The third-order valence-electron chi connectivity index (χ3n) is 7.68. The summed E-state index contributed by atoms with van der Waals surface area (Å²) in [6, 6.07) is 21.8. The van der Waals surface area contributed by atoms with Gasteiger partial charge in [0.05, 0.1) is 17.3 Å². The van der Waals surface area contributed by atoms with E-state index in [0.29, 0.717) is 11.8 Å². The molecule has 162 valence electrons. The van der Waals surface area contributed by atoms with Crippen LogP contribution in [0.4, 0.5) is 5.69 Å². The maximum atomic E-state index is 13.6. The van der Waals surface area contributed by atoms with Gasteiger partial charge >= 0.3 is 0 Å². The Morgan fingerprint density at radius 3 is 2.47 bits per heavy atom. The van der Waals surface area contributed by atoms with Gasteiger partial charge in [-0.3, -0.25) is 4.79 Å². The molecule has 1 fully saturated rings. The van der Waals surface area contributed by atoms with Crippen LogP contribution in [-0.2, 0) is 0 Å². The van der Waals surface area contributed by atoms with Crippen LogP contribution in [0.25, 0.3) is 10.8 Å². The molecular formula is C29H30N2O. The van der Waals surface area contributed by atoms with Crippen LogP contribution in [0, 0.1) is 5.92 Å². The first kappa shape index (κ1) is 19.6. The fraction of sp³-hybridized carbons (Fsp3) is 0.345. The van der Waals surface area contributed by atoms with E-state index in [9.17, 15) is 4.79 Å². The largest absolute Gasteiger partial charge is 0.377 e. The van der Waals surface area contributed by atoms with Crippen molar-refractivity contribution in [2.45, 2.75) is 44.1 Å². The molecule has 3 heteroatoms. The first-order valence-corrected chi connectivity index (χ1v) is 12.1. The molecule has 0 bridgehead atoms. The predicted octanol–water partition coefficient (Wildman–Crippen LogP) is 6.68. The van der Waals surface area contributed by atoms with Crippen molar-refractivity contribution < 1.29 is 4.79 Å². The van der Waals surface area contributed by atoms with E-state index in [2.05, 4.69) is 77.0 Å². The van der Waals surface area contributed by atoms with Gasteiger partial charge in [0.2, 0.25) is 0 Å². The highest BCUT2D eigenvalue weighted by Crippen LogP contribution is 2.51. The van der Waals surface area contributed by atoms with E-state index in [1.165, 1.54) is 34.7 Å². The maximum absolute atomic E-state index is 13.6. The van der Waals surface area contributed by atoms with Gasteiger partial charge in [0.25, 0.3) is 5.91 Å². The number of carbonyl (C=O) groups is 1. The van der Waals surface area contributed by atoms with Crippen LogP contribution in [0.3, 0.4) is 0 Å². The predicted molar refractivity (Wildman–Crippen MR) is 131 cm³/mol. The lowest BCUT2D eigenvalue weighted by atomic mass is 9.75. The molecule has 2 heterocycles. The van der Waals surface area contributed by atoms with Gasteiger partial charge < -0.3 is 10.2 Å². The van der Waals surface area contributed by atoms with E-state index >= 15 is 0 Å². The summed E-state index contributed by atoms with van der Waals surface area (Å²) in [4.78, 5) is 15.7. The number of carbonyl (C=O) groups excluding carboxylic acids is 1. The van der Waals surface area contributed by atoms with Crippen LogP contribution in [0.1, 0.15) is 65.5 Å². The minimum absolute atomic E-state index is 0.187. The highest BCUT2D eigenvalue weighted by Gasteiger charge is 2.40. The van der Waals surface area contributed by atoms with E-state index in [0.717, 1.165) is 43.6 Å². The molecule has 3 aliphatic rings. The Bertz CT molecular complexity index is 1180. The summed E-state index contributed by atoms with van der Waals surface area (Å²) >= 11 is 0. The molecule has 1 N–H and O–H groups in total. The zero-order valence-electron chi connectivity index (χ0n) is 18.5. The molecule has 32 heavy (non-hydrogen) atoms. The van der Waals surface area contributed by atoms with Gasteiger partial charge in [0.15, 0.2) is 0 Å². The summed E-state index contributed by atoms with van der Waals surface area (Å²) in [6.07, 6.45) is 10.4. The molecule has 0 aromatic heterocycles. The summed E-state index contributed by atoms with van der Waals surface area (Å²) in [5, 5.41) is 6.47. The number of nitrogens with one attached hydrogen (secondary N) is 1. The number of hydrogen-bond acceptors (Lipinski definition) is 2. The molecule has 0 spiro atoms. The molecule has 3 atom stereocenters. The lowest BCUT2D eigenvalue weighted by Gasteiger charge is -2.39. The van der Waals surface area contributed by atoms with Crippen LogP contribution >= 0.6 is 0 Å². The Morgan fingerprint density at radius 2 is 1.59 bits per heavy atom. The zero-order valence-corrected chi connectivity index (χ0v) is 18.5. The Labute approximate surface area is 190 Å². The van der Waals surface area contributed by atoms with Gasteiger partial charge in [-0.25, -0.2) is 0 Å². The Kier molecular flexibility index (Phi) is 4.98. The first-order chi connectivity index (χ1) is 15.8. The molecule has 3 aromatic carbocycles. The molecule has 1 saturated heterocycles. The van der Waals surface area contributed by atoms with E-state index in [-0.39, 0.29) is 11.9 Å². The highest BCUT2D eigenvalue weighted by molar-refractivity contribution is 6.01. The molecule has 0 saturated carbocycles. The lowest BCUT2D eigenvalue weighted by Crippen LogP contribution is -2.35. The van der Waals surface area contributed by atoms with Crippen molar-refractivity contribution >= 4 is 22.4 Å². The van der Waals surface area contributed by atoms with Crippen molar-refractivity contribution in [2.75, 3.05) is 18.4 Å². The minimum Gasteiger partial charge on any atom is -0.377 e. The van der Waals surface area contributed by atoms with Crippen LogP contribution < -0.4 is 5.32 Å². The third-order valence-corrected chi connectivity index (χ3v) is 7.68. The second-order valence-corrected chi connectivity index (χ2v) is 9.52. The fourth-order valence-corrected chi connectivity index (χ4v) is 6.07. The molecule has 1 aliphatic carbocycles. The van der Waals surface area contributed by atoms with Crippen LogP contribution in [0.15, 0.2) is 72.8 Å². The highest BCUT2D eigenvalue weighted by atomic mass is 16.2. The molecule has 3 aromatic rings. The van der Waals surface area contributed by atoms with Gasteiger partial charge in [-0.2, -0.15) is 0 Å². The minimum atomic E-state index is 0.187. The number of benzene rings is 3. The van der Waals surface area contributed by atoms with Gasteiger partial charge in [-0.1, -0.05) is 79.6 Å². The average Bonchev–Trinajstić information content (AvgIpc) is 3.18. The SMILES string of the molecule is O=C(c1cccc2c1NC(c1cccc3ccccc13)C1CC=CC21)N1CCCCCC1. The molecule has 3 nitrogen and oxygen atoms in total. The number of anilines is 1. The van der Waals surface area contributed by atoms with Gasteiger partial charge in [-0.15, -0.1) is 0 Å². The molecule has 3 unspecified atom stereocenters. The lowest BCUT2D eigenvalue weighted by molar-refractivity contribution is 0.0762. The van der Waals surface area contributed by atoms with Crippen molar-refractivity contribution in [3.8, 4) is 0 Å². The van der Waals surface area contributed by atoms with Crippen molar-refractivity contribution in [3.63, 3.8) is 0 Å². The van der Waals surface area contributed by atoms with Crippen LogP contribution in [-0.4, -0.2) is 23.9 Å². The number of rotatable bonds is 2. The second kappa shape index (κ2) is 8.12. The summed E-state index contributed by atoms with van der Waals surface area (Å²) in [5.41, 5.74) is 4.51. The second-order valence-electron chi connectivity index (χ2n) is 9.52. The number of para-hydroxylation sites is 1. The number of nitrogens with zero attached hydrogens (tertiary/aromatic N) is 1.